The van der Waals surface area contributed by atoms with E-state index in [4.69, 9.17) is 22.1 Å². The van der Waals surface area contributed by atoms with Crippen molar-refractivity contribution >= 4 is 11.6 Å². The highest BCUT2D eigenvalue weighted by Gasteiger charge is 2.27. The molecule has 0 aliphatic rings. The summed E-state index contributed by atoms with van der Waals surface area (Å²) in [5.41, 5.74) is 7.40. The Morgan fingerprint density at radius 1 is 1.37 bits per heavy atom. The third-order valence-corrected chi connectivity index (χ3v) is 3.99. The topological polar surface area (TPSA) is 38.5 Å². The molecule has 0 aliphatic carbocycles. The highest BCUT2D eigenvalue weighted by atomic mass is 35.5. The molecule has 0 bridgehead atoms. The minimum Gasteiger partial charge on any atom is -0.383 e. The molecule has 0 fully saturated rings. The minimum absolute atomic E-state index is 0.0456. The average molecular weight is 285 g/mol. The second-order valence-electron chi connectivity index (χ2n) is 5.01. The maximum absolute atomic E-state index is 6.33. The van der Waals surface area contributed by atoms with Crippen LogP contribution in [-0.2, 0) is 4.74 Å². The minimum atomic E-state index is 0.0456. The summed E-state index contributed by atoms with van der Waals surface area (Å²) in [6.07, 6.45) is 0.903. The SMILES string of the molecule is CCC(N)C(c1ccccc1Cl)N(C)C(C)COC. The molecule has 3 unspecified atom stereocenters. The number of hydrogen-bond donors (Lipinski definition) is 1. The molecule has 0 aliphatic heterocycles. The lowest BCUT2D eigenvalue weighted by Crippen LogP contribution is -2.44. The Labute approximate surface area is 121 Å². The molecule has 0 spiro atoms. The van der Waals surface area contributed by atoms with Gasteiger partial charge in [-0.1, -0.05) is 36.7 Å². The number of hydrogen-bond acceptors (Lipinski definition) is 3. The van der Waals surface area contributed by atoms with Gasteiger partial charge in [0.1, 0.15) is 0 Å². The van der Waals surface area contributed by atoms with Crippen molar-refractivity contribution in [2.75, 3.05) is 20.8 Å². The Balaban J connectivity index is 3.05. The Morgan fingerprint density at radius 2 is 2.00 bits per heavy atom. The highest BCUT2D eigenvalue weighted by Crippen LogP contribution is 2.30. The van der Waals surface area contributed by atoms with Crippen LogP contribution in [0, 0.1) is 0 Å². The summed E-state index contributed by atoms with van der Waals surface area (Å²) in [5, 5.41) is 0.771. The molecule has 0 heterocycles. The standard InChI is InChI=1S/C15H25ClN2O/c1-5-14(17)15(18(3)11(2)10-19-4)12-8-6-7-9-13(12)16/h6-9,11,14-15H,5,10,17H2,1-4H3. The number of likely N-dealkylation sites (N-methyl/N-ethyl adjacent to an activating group) is 1. The number of nitrogens with zero attached hydrogens (tertiary/aromatic N) is 1. The predicted molar refractivity (Wildman–Crippen MR) is 81.6 cm³/mol. The lowest BCUT2D eigenvalue weighted by atomic mass is 9.95. The zero-order chi connectivity index (χ0) is 14.4. The number of halogens is 1. The quantitative estimate of drug-likeness (QED) is 0.836. The maximum Gasteiger partial charge on any atom is 0.0615 e. The predicted octanol–water partition coefficient (Wildman–Crippen LogP) is 3.09. The Hall–Kier alpha value is -0.610. The molecule has 2 N–H and O–H groups in total. The molecule has 0 saturated heterocycles. The van der Waals surface area contributed by atoms with Crippen molar-refractivity contribution in [3.63, 3.8) is 0 Å². The van der Waals surface area contributed by atoms with Gasteiger partial charge in [0.25, 0.3) is 0 Å². The van der Waals surface area contributed by atoms with E-state index in [0.29, 0.717) is 6.61 Å². The Morgan fingerprint density at radius 3 is 2.53 bits per heavy atom. The molecule has 4 heteroatoms. The average Bonchev–Trinajstić information content (AvgIpc) is 2.41. The van der Waals surface area contributed by atoms with Crippen molar-refractivity contribution in [3.05, 3.63) is 34.9 Å². The first-order valence-corrected chi connectivity index (χ1v) is 7.11. The van der Waals surface area contributed by atoms with Gasteiger partial charge in [0.05, 0.1) is 12.6 Å². The summed E-state index contributed by atoms with van der Waals surface area (Å²) < 4.78 is 5.24. The summed E-state index contributed by atoms with van der Waals surface area (Å²) in [6.45, 7) is 4.91. The van der Waals surface area contributed by atoms with Gasteiger partial charge in [0, 0.05) is 24.2 Å². The largest absolute Gasteiger partial charge is 0.383 e. The number of nitrogens with two attached hydrogens (primary N) is 1. The molecule has 19 heavy (non-hydrogen) atoms. The van der Waals surface area contributed by atoms with Crippen molar-refractivity contribution in [1.29, 1.82) is 0 Å². The van der Waals surface area contributed by atoms with Crippen LogP contribution in [0.2, 0.25) is 5.02 Å². The van der Waals surface area contributed by atoms with E-state index in [-0.39, 0.29) is 18.1 Å². The molecule has 1 rings (SSSR count). The summed E-state index contributed by atoms with van der Waals surface area (Å²) in [4.78, 5) is 2.25. The van der Waals surface area contributed by atoms with Crippen molar-refractivity contribution in [2.24, 2.45) is 5.73 Å². The summed E-state index contributed by atoms with van der Waals surface area (Å²) >= 11 is 6.33. The van der Waals surface area contributed by atoms with E-state index in [0.717, 1.165) is 17.0 Å². The van der Waals surface area contributed by atoms with Crippen LogP contribution in [0.3, 0.4) is 0 Å². The van der Waals surface area contributed by atoms with Crippen LogP contribution in [0.25, 0.3) is 0 Å². The monoisotopic (exact) mass is 284 g/mol. The Bertz CT molecular complexity index is 386. The fraction of sp³-hybridized carbons (Fsp3) is 0.600. The van der Waals surface area contributed by atoms with Crippen LogP contribution < -0.4 is 5.73 Å². The first-order chi connectivity index (χ1) is 9.02. The van der Waals surface area contributed by atoms with Crippen LogP contribution in [0.5, 0.6) is 0 Å². The van der Waals surface area contributed by atoms with E-state index in [1.807, 2.05) is 18.2 Å². The van der Waals surface area contributed by atoms with Gasteiger partial charge in [-0.2, -0.15) is 0 Å². The van der Waals surface area contributed by atoms with E-state index in [2.05, 4.69) is 31.9 Å². The molecule has 1 aromatic rings. The number of benzene rings is 1. The van der Waals surface area contributed by atoms with E-state index >= 15 is 0 Å². The van der Waals surface area contributed by atoms with Crippen molar-refractivity contribution in [3.8, 4) is 0 Å². The van der Waals surface area contributed by atoms with Gasteiger partial charge in [-0.25, -0.2) is 0 Å². The fourth-order valence-electron chi connectivity index (χ4n) is 2.32. The number of ether oxygens (including phenoxy) is 1. The summed E-state index contributed by atoms with van der Waals surface area (Å²) in [5.74, 6) is 0. The first-order valence-electron chi connectivity index (χ1n) is 6.73. The van der Waals surface area contributed by atoms with Gasteiger partial charge in [-0.15, -0.1) is 0 Å². The fourth-order valence-corrected chi connectivity index (χ4v) is 2.57. The third-order valence-electron chi connectivity index (χ3n) is 3.64. The first kappa shape index (κ1) is 16.4. The van der Waals surface area contributed by atoms with Crippen LogP contribution in [0.4, 0.5) is 0 Å². The van der Waals surface area contributed by atoms with Crippen molar-refractivity contribution < 1.29 is 4.74 Å². The van der Waals surface area contributed by atoms with Crippen LogP contribution in [-0.4, -0.2) is 37.7 Å². The maximum atomic E-state index is 6.33. The third kappa shape index (κ3) is 4.18. The molecule has 0 saturated carbocycles. The van der Waals surface area contributed by atoms with Gasteiger partial charge in [0.15, 0.2) is 0 Å². The molecule has 3 atom stereocenters. The Kier molecular flexibility index (Phi) is 6.80. The van der Waals surface area contributed by atoms with Crippen molar-refractivity contribution in [2.45, 2.75) is 38.4 Å². The van der Waals surface area contributed by atoms with Gasteiger partial charge >= 0.3 is 0 Å². The van der Waals surface area contributed by atoms with E-state index in [1.165, 1.54) is 0 Å². The molecule has 0 amide bonds. The molecule has 1 aromatic carbocycles. The van der Waals surface area contributed by atoms with Gasteiger partial charge in [-0.3, -0.25) is 4.90 Å². The van der Waals surface area contributed by atoms with E-state index in [1.54, 1.807) is 7.11 Å². The molecule has 108 valence electrons. The molecule has 3 nitrogen and oxygen atoms in total. The molecule has 0 aromatic heterocycles. The van der Waals surface area contributed by atoms with Crippen LogP contribution in [0.15, 0.2) is 24.3 Å². The second-order valence-corrected chi connectivity index (χ2v) is 5.42. The molecule has 0 radical (unpaired) electrons. The summed E-state index contributed by atoms with van der Waals surface area (Å²) in [6, 6.07) is 8.35. The molecular weight excluding hydrogens is 260 g/mol. The van der Waals surface area contributed by atoms with Crippen molar-refractivity contribution in [1.82, 2.24) is 4.90 Å². The lowest BCUT2D eigenvalue weighted by molar-refractivity contribution is 0.0794. The zero-order valence-corrected chi connectivity index (χ0v) is 13.0. The van der Waals surface area contributed by atoms with Gasteiger partial charge in [0.2, 0.25) is 0 Å². The number of methoxy groups -OCH3 is 1. The second kappa shape index (κ2) is 7.85. The number of rotatable bonds is 7. The lowest BCUT2D eigenvalue weighted by Gasteiger charge is -2.37. The normalized spacial score (nSPS) is 16.4. The van der Waals surface area contributed by atoms with Gasteiger partial charge in [-0.05, 0) is 32.0 Å². The molecular formula is C15H25ClN2O. The van der Waals surface area contributed by atoms with Crippen LogP contribution >= 0.6 is 11.6 Å². The van der Waals surface area contributed by atoms with Crippen LogP contribution in [0.1, 0.15) is 31.9 Å². The zero-order valence-electron chi connectivity index (χ0n) is 12.3. The van der Waals surface area contributed by atoms with E-state index in [9.17, 15) is 0 Å². The summed E-state index contributed by atoms with van der Waals surface area (Å²) in [7, 11) is 3.79. The van der Waals surface area contributed by atoms with E-state index < -0.39 is 0 Å². The van der Waals surface area contributed by atoms with Gasteiger partial charge < -0.3 is 10.5 Å². The highest BCUT2D eigenvalue weighted by molar-refractivity contribution is 6.31. The smallest absolute Gasteiger partial charge is 0.0615 e.